The number of urea groups is 1. The number of benzene rings is 1. The van der Waals surface area contributed by atoms with Crippen molar-refractivity contribution in [3.8, 4) is 0 Å². The molecule has 0 radical (unpaired) electrons. The van der Waals surface area contributed by atoms with E-state index in [0.717, 1.165) is 36.4 Å². The van der Waals surface area contributed by atoms with Gasteiger partial charge in [0.1, 0.15) is 0 Å². The predicted molar refractivity (Wildman–Crippen MR) is 90.6 cm³/mol. The third kappa shape index (κ3) is 2.68. The molecule has 3 fully saturated rings. The van der Waals surface area contributed by atoms with Gasteiger partial charge in [-0.3, -0.25) is 0 Å². The lowest BCUT2D eigenvalue weighted by Crippen LogP contribution is -2.71. The molecular formula is C18H19FN4O. The number of aromatic nitrogens is 1. The molecule has 2 amide bonds. The number of piperazine rings is 1. The van der Waals surface area contributed by atoms with E-state index in [1.54, 1.807) is 0 Å². The molecule has 0 spiro atoms. The van der Waals surface area contributed by atoms with Gasteiger partial charge < -0.3 is 15.1 Å². The molecule has 2 aromatic rings. The van der Waals surface area contributed by atoms with Crippen LogP contribution in [0, 0.1) is 12.9 Å². The Labute approximate surface area is 140 Å². The first-order chi connectivity index (χ1) is 11.6. The Bertz CT molecular complexity index is 769. The molecule has 5 nitrogen and oxygen atoms in total. The fraction of sp³-hybridized carbons (Fsp3) is 0.333. The van der Waals surface area contributed by atoms with Crippen molar-refractivity contribution in [3.05, 3.63) is 54.1 Å². The highest BCUT2D eigenvalue weighted by molar-refractivity contribution is 5.90. The number of rotatable bonds is 2. The Hall–Kier alpha value is -2.63. The third-order valence-electron chi connectivity index (χ3n) is 4.77. The van der Waals surface area contributed by atoms with Crippen LogP contribution in [0.1, 0.15) is 12.0 Å². The molecule has 6 heteroatoms. The Kier molecular flexibility index (Phi) is 3.59. The third-order valence-corrected chi connectivity index (χ3v) is 4.77. The quantitative estimate of drug-likeness (QED) is 0.863. The SMILES string of the molecule is Cc1cccc(NC(=O)N2C3CC2CN(c2ccnc(F)c2)C3)c1. The molecule has 124 valence electrons. The van der Waals surface area contributed by atoms with Crippen LogP contribution in [0.5, 0.6) is 0 Å². The van der Waals surface area contributed by atoms with Crippen LogP contribution in [0.15, 0.2) is 42.6 Å². The minimum atomic E-state index is -0.471. The van der Waals surface area contributed by atoms with Gasteiger partial charge in [0.05, 0.1) is 12.1 Å². The van der Waals surface area contributed by atoms with Gasteiger partial charge in [-0.1, -0.05) is 12.1 Å². The van der Waals surface area contributed by atoms with Crippen molar-refractivity contribution < 1.29 is 9.18 Å². The van der Waals surface area contributed by atoms with Crippen LogP contribution in [0.2, 0.25) is 0 Å². The highest BCUT2D eigenvalue weighted by Crippen LogP contribution is 2.35. The van der Waals surface area contributed by atoms with Gasteiger partial charge in [-0.2, -0.15) is 4.39 Å². The number of hydrogen-bond donors (Lipinski definition) is 1. The lowest BCUT2D eigenvalue weighted by atomic mass is 9.87. The summed E-state index contributed by atoms with van der Waals surface area (Å²) in [4.78, 5) is 20.2. The van der Waals surface area contributed by atoms with Crippen LogP contribution < -0.4 is 10.2 Å². The van der Waals surface area contributed by atoms with Crippen molar-refractivity contribution in [2.45, 2.75) is 25.4 Å². The maximum absolute atomic E-state index is 13.3. The molecule has 1 aromatic carbocycles. The number of anilines is 2. The number of carbonyl (C=O) groups excluding carboxylic acids is 1. The van der Waals surface area contributed by atoms with E-state index in [9.17, 15) is 9.18 Å². The standard InChI is InChI=1S/C18H19FN4O/c1-12-3-2-4-13(7-12)21-18(24)23-15-8-16(23)11-22(10-15)14-5-6-20-17(19)9-14/h2-7,9,15-16H,8,10-11H2,1H3,(H,21,24). The maximum Gasteiger partial charge on any atom is 0.322 e. The highest BCUT2D eigenvalue weighted by atomic mass is 19.1. The number of amides is 2. The van der Waals surface area contributed by atoms with E-state index in [1.165, 1.54) is 12.3 Å². The number of pyridine rings is 1. The molecule has 2 atom stereocenters. The van der Waals surface area contributed by atoms with Crippen LogP contribution >= 0.6 is 0 Å². The van der Waals surface area contributed by atoms with Gasteiger partial charge in [-0.25, -0.2) is 9.78 Å². The average Bonchev–Trinajstić information content (AvgIpc) is 2.55. The zero-order valence-corrected chi connectivity index (χ0v) is 13.4. The van der Waals surface area contributed by atoms with E-state index in [2.05, 4.69) is 15.2 Å². The molecule has 3 aliphatic heterocycles. The van der Waals surface area contributed by atoms with Crippen molar-refractivity contribution in [1.29, 1.82) is 0 Å². The molecule has 4 heterocycles. The molecule has 2 unspecified atom stereocenters. The Morgan fingerprint density at radius 3 is 2.75 bits per heavy atom. The summed E-state index contributed by atoms with van der Waals surface area (Å²) in [6.07, 6.45) is 2.48. The largest absolute Gasteiger partial charge is 0.367 e. The van der Waals surface area contributed by atoms with Gasteiger partial charge in [0.25, 0.3) is 0 Å². The molecule has 2 bridgehead atoms. The van der Waals surface area contributed by atoms with E-state index in [-0.39, 0.29) is 18.1 Å². The number of nitrogens with zero attached hydrogens (tertiary/aromatic N) is 3. The Morgan fingerprint density at radius 1 is 1.25 bits per heavy atom. The van der Waals surface area contributed by atoms with E-state index in [1.807, 2.05) is 42.2 Å². The van der Waals surface area contributed by atoms with Crippen molar-refractivity contribution in [1.82, 2.24) is 9.88 Å². The minimum absolute atomic E-state index is 0.0533. The summed E-state index contributed by atoms with van der Waals surface area (Å²) in [5, 5.41) is 2.98. The van der Waals surface area contributed by atoms with Crippen molar-refractivity contribution in [2.75, 3.05) is 23.3 Å². The average molecular weight is 326 g/mol. The number of carbonyl (C=O) groups is 1. The first-order valence-electron chi connectivity index (χ1n) is 8.12. The molecular weight excluding hydrogens is 307 g/mol. The van der Waals surface area contributed by atoms with E-state index < -0.39 is 5.95 Å². The van der Waals surface area contributed by atoms with Gasteiger partial charge in [0.2, 0.25) is 5.95 Å². The number of piperidine rings is 1. The summed E-state index contributed by atoms with van der Waals surface area (Å²) in [6, 6.07) is 11.3. The second-order valence-electron chi connectivity index (χ2n) is 6.49. The fourth-order valence-electron chi connectivity index (χ4n) is 3.65. The number of halogens is 1. The first kappa shape index (κ1) is 14.9. The smallest absolute Gasteiger partial charge is 0.322 e. The molecule has 0 aliphatic carbocycles. The van der Waals surface area contributed by atoms with Crippen LogP contribution in [-0.2, 0) is 0 Å². The number of hydrogen-bond acceptors (Lipinski definition) is 3. The van der Waals surface area contributed by atoms with Gasteiger partial charge >= 0.3 is 6.03 Å². The van der Waals surface area contributed by atoms with Crippen LogP contribution in [0.4, 0.5) is 20.6 Å². The lowest BCUT2D eigenvalue weighted by molar-refractivity contribution is 0.0439. The van der Waals surface area contributed by atoms with Gasteiger partial charge in [0, 0.05) is 36.7 Å². The minimum Gasteiger partial charge on any atom is -0.367 e. The summed E-state index contributed by atoms with van der Waals surface area (Å²) < 4.78 is 13.3. The van der Waals surface area contributed by atoms with Crippen molar-refractivity contribution >= 4 is 17.4 Å². The summed E-state index contributed by atoms with van der Waals surface area (Å²) in [7, 11) is 0. The predicted octanol–water partition coefficient (Wildman–Crippen LogP) is 3.02. The van der Waals surface area contributed by atoms with E-state index >= 15 is 0 Å². The highest BCUT2D eigenvalue weighted by Gasteiger charge is 2.47. The van der Waals surface area contributed by atoms with Gasteiger partial charge in [-0.15, -0.1) is 0 Å². The fourth-order valence-corrected chi connectivity index (χ4v) is 3.65. The normalized spacial score (nSPS) is 22.1. The Balaban J connectivity index is 1.42. The number of nitrogens with one attached hydrogen (secondary N) is 1. The molecule has 24 heavy (non-hydrogen) atoms. The number of fused-ring (bicyclic) bond motifs is 2. The topological polar surface area (TPSA) is 48.5 Å². The van der Waals surface area contributed by atoms with Crippen molar-refractivity contribution in [3.63, 3.8) is 0 Å². The lowest BCUT2D eigenvalue weighted by Gasteiger charge is -2.56. The van der Waals surface area contributed by atoms with E-state index in [0.29, 0.717) is 0 Å². The molecule has 3 saturated heterocycles. The maximum atomic E-state index is 13.3. The number of aryl methyl sites for hydroxylation is 1. The summed E-state index contributed by atoms with van der Waals surface area (Å²) in [5.41, 5.74) is 2.76. The van der Waals surface area contributed by atoms with Crippen LogP contribution in [0.3, 0.4) is 0 Å². The van der Waals surface area contributed by atoms with E-state index in [4.69, 9.17) is 0 Å². The van der Waals surface area contributed by atoms with Crippen LogP contribution in [-0.4, -0.2) is 41.1 Å². The molecule has 1 aromatic heterocycles. The summed E-state index contributed by atoms with van der Waals surface area (Å²) in [5.74, 6) is -0.471. The zero-order valence-electron chi connectivity index (χ0n) is 13.4. The molecule has 5 rings (SSSR count). The monoisotopic (exact) mass is 326 g/mol. The van der Waals surface area contributed by atoms with Gasteiger partial charge in [-0.05, 0) is 37.1 Å². The van der Waals surface area contributed by atoms with Crippen molar-refractivity contribution in [2.24, 2.45) is 0 Å². The summed E-state index contributed by atoms with van der Waals surface area (Å²) in [6.45, 7) is 3.45. The second-order valence-corrected chi connectivity index (χ2v) is 6.49. The summed E-state index contributed by atoms with van der Waals surface area (Å²) >= 11 is 0. The molecule has 3 aliphatic rings. The molecule has 0 saturated carbocycles. The molecule has 1 N–H and O–H groups in total. The second kappa shape index (κ2) is 5.78. The first-order valence-corrected chi connectivity index (χ1v) is 8.12. The zero-order chi connectivity index (χ0) is 16.7. The van der Waals surface area contributed by atoms with Gasteiger partial charge in [0.15, 0.2) is 0 Å². The van der Waals surface area contributed by atoms with Crippen LogP contribution in [0.25, 0.3) is 0 Å². The Morgan fingerprint density at radius 2 is 2.04 bits per heavy atom.